The van der Waals surface area contributed by atoms with Gasteiger partial charge in [-0.3, -0.25) is 10.1 Å². The maximum atomic E-state index is 10.9. The van der Waals surface area contributed by atoms with Gasteiger partial charge in [-0.05, 0) is 12.8 Å². The second-order valence-electron chi connectivity index (χ2n) is 3.75. The summed E-state index contributed by atoms with van der Waals surface area (Å²) in [5.74, 6) is 0.0849. The highest BCUT2D eigenvalue weighted by atomic mass is 16.6. The van der Waals surface area contributed by atoms with E-state index in [1.165, 1.54) is 6.33 Å². The van der Waals surface area contributed by atoms with Gasteiger partial charge in [0.25, 0.3) is 0 Å². The van der Waals surface area contributed by atoms with Crippen molar-refractivity contribution < 1.29 is 4.92 Å². The largest absolute Gasteiger partial charge is 0.378 e. The summed E-state index contributed by atoms with van der Waals surface area (Å²) in [7, 11) is 0. The van der Waals surface area contributed by atoms with Gasteiger partial charge in [-0.1, -0.05) is 20.3 Å². The molecule has 0 aliphatic heterocycles. The van der Waals surface area contributed by atoms with Crippen molar-refractivity contribution in [3.63, 3.8) is 0 Å². The number of nitro groups is 1. The van der Waals surface area contributed by atoms with Crippen LogP contribution in [0.4, 0.5) is 17.3 Å². The molecule has 0 spiro atoms. The zero-order chi connectivity index (χ0) is 12.8. The summed E-state index contributed by atoms with van der Waals surface area (Å²) in [6, 6.07) is 0.160. The monoisotopic (exact) mass is 239 g/mol. The SMILES string of the molecule is CCCC(CC)Nc1ncnc(N)c1[N+](=O)[O-]. The Bertz CT molecular complexity index is 396. The van der Waals surface area contributed by atoms with E-state index >= 15 is 0 Å². The molecule has 7 nitrogen and oxygen atoms in total. The number of nitrogens with zero attached hydrogens (tertiary/aromatic N) is 3. The molecule has 3 N–H and O–H groups in total. The van der Waals surface area contributed by atoms with Crippen LogP contribution in [-0.4, -0.2) is 20.9 Å². The summed E-state index contributed by atoms with van der Waals surface area (Å²) < 4.78 is 0. The molecule has 0 aliphatic rings. The van der Waals surface area contributed by atoms with Crippen LogP contribution in [0, 0.1) is 10.1 Å². The topological polar surface area (TPSA) is 107 Å². The summed E-state index contributed by atoms with van der Waals surface area (Å²) >= 11 is 0. The molecule has 0 aromatic carbocycles. The lowest BCUT2D eigenvalue weighted by Gasteiger charge is -2.16. The highest BCUT2D eigenvalue weighted by Gasteiger charge is 2.22. The minimum atomic E-state index is -0.559. The molecule has 0 radical (unpaired) electrons. The van der Waals surface area contributed by atoms with E-state index in [0.717, 1.165) is 19.3 Å². The standard InChI is InChI=1S/C10H17N5O2/c1-3-5-7(4-2)14-10-8(15(16)17)9(11)12-6-13-10/h6-7H,3-5H2,1-2H3,(H3,11,12,13,14). The van der Waals surface area contributed by atoms with E-state index < -0.39 is 4.92 Å². The average Bonchev–Trinajstić information content (AvgIpc) is 2.28. The van der Waals surface area contributed by atoms with E-state index in [-0.39, 0.29) is 23.4 Å². The minimum Gasteiger partial charge on any atom is -0.378 e. The molecule has 0 saturated carbocycles. The van der Waals surface area contributed by atoms with Gasteiger partial charge in [0, 0.05) is 6.04 Å². The predicted octanol–water partition coefficient (Wildman–Crippen LogP) is 1.96. The number of anilines is 2. The highest BCUT2D eigenvalue weighted by molar-refractivity contribution is 5.67. The zero-order valence-electron chi connectivity index (χ0n) is 10.0. The average molecular weight is 239 g/mol. The number of hydrogen-bond acceptors (Lipinski definition) is 6. The Kier molecular flexibility index (Phi) is 4.62. The normalized spacial score (nSPS) is 12.1. The Balaban J connectivity index is 2.97. The highest BCUT2D eigenvalue weighted by Crippen LogP contribution is 2.27. The lowest BCUT2D eigenvalue weighted by atomic mass is 10.1. The van der Waals surface area contributed by atoms with Crippen LogP contribution in [0.1, 0.15) is 33.1 Å². The molecule has 1 unspecified atom stereocenters. The van der Waals surface area contributed by atoms with Gasteiger partial charge >= 0.3 is 5.69 Å². The van der Waals surface area contributed by atoms with Gasteiger partial charge < -0.3 is 11.1 Å². The van der Waals surface area contributed by atoms with Crippen molar-refractivity contribution in [1.29, 1.82) is 0 Å². The molecule has 1 aromatic heterocycles. The molecule has 1 rings (SSSR count). The number of aromatic nitrogens is 2. The Hall–Kier alpha value is -1.92. The maximum Gasteiger partial charge on any atom is 0.352 e. The van der Waals surface area contributed by atoms with Crippen LogP contribution in [-0.2, 0) is 0 Å². The molecule has 0 bridgehead atoms. The van der Waals surface area contributed by atoms with E-state index in [1.54, 1.807) is 0 Å². The molecule has 1 aromatic rings. The number of nitrogens with one attached hydrogen (secondary N) is 1. The van der Waals surface area contributed by atoms with Gasteiger partial charge in [-0.15, -0.1) is 0 Å². The summed E-state index contributed by atoms with van der Waals surface area (Å²) in [4.78, 5) is 17.8. The zero-order valence-corrected chi connectivity index (χ0v) is 10.0. The first-order valence-corrected chi connectivity index (χ1v) is 5.61. The van der Waals surface area contributed by atoms with Gasteiger partial charge in [0.15, 0.2) is 0 Å². The number of nitrogens with two attached hydrogens (primary N) is 1. The fraction of sp³-hybridized carbons (Fsp3) is 0.600. The van der Waals surface area contributed by atoms with Crippen molar-refractivity contribution >= 4 is 17.3 Å². The Morgan fingerprint density at radius 2 is 2.24 bits per heavy atom. The van der Waals surface area contributed by atoms with Crippen LogP contribution in [0.25, 0.3) is 0 Å². The lowest BCUT2D eigenvalue weighted by molar-refractivity contribution is -0.383. The van der Waals surface area contributed by atoms with E-state index in [4.69, 9.17) is 5.73 Å². The van der Waals surface area contributed by atoms with Crippen molar-refractivity contribution in [3.8, 4) is 0 Å². The first kappa shape index (κ1) is 13.1. The second-order valence-corrected chi connectivity index (χ2v) is 3.75. The molecule has 0 fully saturated rings. The van der Waals surface area contributed by atoms with Crippen LogP contribution in [0.2, 0.25) is 0 Å². The van der Waals surface area contributed by atoms with Gasteiger partial charge in [-0.25, -0.2) is 9.97 Å². The van der Waals surface area contributed by atoms with Crippen molar-refractivity contribution in [2.75, 3.05) is 11.1 Å². The fourth-order valence-corrected chi connectivity index (χ4v) is 1.60. The Labute approximate surface area is 99.6 Å². The van der Waals surface area contributed by atoms with Gasteiger partial charge in [-0.2, -0.15) is 0 Å². The first-order valence-electron chi connectivity index (χ1n) is 5.61. The van der Waals surface area contributed by atoms with Crippen molar-refractivity contribution in [3.05, 3.63) is 16.4 Å². The van der Waals surface area contributed by atoms with Crippen LogP contribution in [0.5, 0.6) is 0 Å². The smallest absolute Gasteiger partial charge is 0.352 e. The van der Waals surface area contributed by atoms with Gasteiger partial charge in [0.2, 0.25) is 11.6 Å². The van der Waals surface area contributed by atoms with Crippen LogP contribution in [0.15, 0.2) is 6.33 Å². The van der Waals surface area contributed by atoms with Crippen LogP contribution >= 0.6 is 0 Å². The fourth-order valence-electron chi connectivity index (χ4n) is 1.60. The third-order valence-corrected chi connectivity index (χ3v) is 2.50. The van der Waals surface area contributed by atoms with E-state index in [1.807, 2.05) is 6.92 Å². The van der Waals surface area contributed by atoms with Crippen molar-refractivity contribution in [1.82, 2.24) is 9.97 Å². The molecule has 0 amide bonds. The lowest BCUT2D eigenvalue weighted by Crippen LogP contribution is -2.20. The van der Waals surface area contributed by atoms with Gasteiger partial charge in [0.1, 0.15) is 6.33 Å². The van der Waals surface area contributed by atoms with E-state index in [9.17, 15) is 10.1 Å². The molecule has 0 saturated heterocycles. The predicted molar refractivity (Wildman–Crippen MR) is 65.7 cm³/mol. The molecule has 94 valence electrons. The van der Waals surface area contributed by atoms with Gasteiger partial charge in [0.05, 0.1) is 4.92 Å². The summed E-state index contributed by atoms with van der Waals surface area (Å²) in [5, 5.41) is 13.9. The second kappa shape index (κ2) is 5.97. The Morgan fingerprint density at radius 1 is 1.53 bits per heavy atom. The third kappa shape index (κ3) is 3.27. The van der Waals surface area contributed by atoms with E-state index in [0.29, 0.717) is 0 Å². The first-order chi connectivity index (χ1) is 8.10. The van der Waals surface area contributed by atoms with Crippen molar-refractivity contribution in [2.24, 2.45) is 0 Å². The number of rotatable bonds is 6. The summed E-state index contributed by atoms with van der Waals surface area (Å²) in [6.07, 6.45) is 4.02. The van der Waals surface area contributed by atoms with Crippen LogP contribution in [0.3, 0.4) is 0 Å². The summed E-state index contributed by atoms with van der Waals surface area (Å²) in [6.45, 7) is 4.08. The molecular formula is C10H17N5O2. The molecule has 0 aliphatic carbocycles. The molecule has 17 heavy (non-hydrogen) atoms. The third-order valence-electron chi connectivity index (χ3n) is 2.50. The van der Waals surface area contributed by atoms with Crippen LogP contribution < -0.4 is 11.1 Å². The Morgan fingerprint density at radius 3 is 2.76 bits per heavy atom. The minimum absolute atomic E-state index is 0.112. The van der Waals surface area contributed by atoms with E-state index in [2.05, 4.69) is 22.2 Å². The number of nitrogen functional groups attached to an aromatic ring is 1. The molecular weight excluding hydrogens is 222 g/mol. The number of hydrogen-bond donors (Lipinski definition) is 2. The quantitative estimate of drug-likeness (QED) is 0.580. The maximum absolute atomic E-state index is 10.9. The van der Waals surface area contributed by atoms with Crippen molar-refractivity contribution in [2.45, 2.75) is 39.2 Å². The summed E-state index contributed by atoms with van der Waals surface area (Å²) in [5.41, 5.74) is 5.23. The molecule has 1 heterocycles. The molecule has 7 heteroatoms. The molecule has 1 atom stereocenters.